The Hall–Kier alpha value is -3.26. The van der Waals surface area contributed by atoms with E-state index in [-0.39, 0.29) is 6.04 Å². The minimum atomic E-state index is -0.162. The van der Waals surface area contributed by atoms with Crippen LogP contribution in [0.2, 0.25) is 5.02 Å². The van der Waals surface area contributed by atoms with Crippen LogP contribution in [0.25, 0.3) is 22.4 Å². The fourth-order valence-electron chi connectivity index (χ4n) is 3.40. The molecule has 0 saturated heterocycles. The highest BCUT2D eigenvalue weighted by molar-refractivity contribution is 6.31. The summed E-state index contributed by atoms with van der Waals surface area (Å²) in [6.07, 6.45) is 3.43. The first kappa shape index (κ1) is 16.9. The first-order valence-electron chi connectivity index (χ1n) is 8.90. The smallest absolute Gasteiger partial charge is 0.176 e. The molecule has 5 rings (SSSR count). The van der Waals surface area contributed by atoms with Gasteiger partial charge in [-0.15, -0.1) is 5.10 Å². The largest absolute Gasteiger partial charge is 0.258 e. The molecular weight excluding hydrogens is 376 g/mol. The lowest BCUT2D eigenvalue weighted by Gasteiger charge is -2.10. The van der Waals surface area contributed by atoms with Crippen molar-refractivity contribution in [1.82, 2.24) is 39.1 Å². The van der Waals surface area contributed by atoms with Crippen molar-refractivity contribution in [2.75, 3.05) is 0 Å². The lowest BCUT2D eigenvalue weighted by molar-refractivity contribution is 0.520. The summed E-state index contributed by atoms with van der Waals surface area (Å²) in [5, 5.41) is 15.1. The number of rotatable bonds is 3. The minimum Gasteiger partial charge on any atom is -0.258 e. The van der Waals surface area contributed by atoms with E-state index in [9.17, 15) is 0 Å². The van der Waals surface area contributed by atoms with Crippen LogP contribution in [-0.4, -0.2) is 39.1 Å². The van der Waals surface area contributed by atoms with Gasteiger partial charge in [0.05, 0.1) is 33.7 Å². The van der Waals surface area contributed by atoms with Gasteiger partial charge in [0, 0.05) is 0 Å². The Morgan fingerprint density at radius 2 is 1.82 bits per heavy atom. The van der Waals surface area contributed by atoms with Crippen molar-refractivity contribution in [2.45, 2.75) is 26.8 Å². The van der Waals surface area contributed by atoms with Crippen LogP contribution in [0.3, 0.4) is 0 Å². The molecule has 0 amide bonds. The van der Waals surface area contributed by atoms with E-state index >= 15 is 0 Å². The van der Waals surface area contributed by atoms with Crippen molar-refractivity contribution in [3.05, 3.63) is 65.1 Å². The molecule has 0 bridgehead atoms. The van der Waals surface area contributed by atoms with Crippen molar-refractivity contribution >= 4 is 28.3 Å². The molecule has 9 heteroatoms. The van der Waals surface area contributed by atoms with Crippen molar-refractivity contribution in [3.8, 4) is 5.69 Å². The molecule has 1 unspecified atom stereocenters. The van der Waals surface area contributed by atoms with Crippen LogP contribution in [-0.2, 0) is 0 Å². The molecule has 0 fully saturated rings. The highest BCUT2D eigenvalue weighted by atomic mass is 35.5. The molecule has 140 valence electrons. The molecule has 0 saturated carbocycles. The lowest BCUT2D eigenvalue weighted by atomic mass is 10.3. The predicted octanol–water partition coefficient (Wildman–Crippen LogP) is 3.54. The zero-order valence-corrected chi connectivity index (χ0v) is 16.3. The van der Waals surface area contributed by atoms with Crippen LogP contribution < -0.4 is 0 Å². The Balaban J connectivity index is 1.64. The quantitative estimate of drug-likeness (QED) is 0.469. The number of aromatic nitrogens is 8. The van der Waals surface area contributed by atoms with E-state index in [4.69, 9.17) is 16.6 Å². The van der Waals surface area contributed by atoms with Gasteiger partial charge in [-0.05, 0) is 32.9 Å². The Morgan fingerprint density at radius 1 is 1.04 bits per heavy atom. The number of para-hydroxylation sites is 1. The van der Waals surface area contributed by atoms with E-state index in [1.165, 1.54) is 0 Å². The van der Waals surface area contributed by atoms with Gasteiger partial charge < -0.3 is 0 Å². The third kappa shape index (κ3) is 2.41. The Labute approximate surface area is 165 Å². The molecular formula is C19H17ClN8. The summed E-state index contributed by atoms with van der Waals surface area (Å²) in [4.78, 5) is 9.30. The molecule has 0 aliphatic rings. The van der Waals surface area contributed by atoms with Gasteiger partial charge in [0.15, 0.2) is 17.1 Å². The van der Waals surface area contributed by atoms with Crippen LogP contribution in [0.5, 0.6) is 0 Å². The maximum atomic E-state index is 6.30. The van der Waals surface area contributed by atoms with E-state index in [2.05, 4.69) is 20.3 Å². The van der Waals surface area contributed by atoms with Gasteiger partial charge in [-0.1, -0.05) is 29.8 Å². The highest BCUT2D eigenvalue weighted by Gasteiger charge is 2.21. The van der Waals surface area contributed by atoms with Crippen molar-refractivity contribution in [3.63, 3.8) is 0 Å². The molecule has 0 radical (unpaired) electrons. The minimum absolute atomic E-state index is 0.162. The Bertz CT molecular complexity index is 1310. The van der Waals surface area contributed by atoms with Gasteiger partial charge in [0.1, 0.15) is 12.4 Å². The molecule has 8 nitrogen and oxygen atoms in total. The molecule has 4 aromatic heterocycles. The third-order valence-corrected chi connectivity index (χ3v) is 5.45. The zero-order chi connectivity index (χ0) is 19.4. The molecule has 0 aliphatic carbocycles. The van der Waals surface area contributed by atoms with Crippen LogP contribution in [0, 0.1) is 13.8 Å². The first-order valence-corrected chi connectivity index (χ1v) is 9.28. The van der Waals surface area contributed by atoms with Gasteiger partial charge in [-0.25, -0.2) is 19.2 Å². The SMILES string of the molecule is Cc1nn(C(C)c2nc3c4cnn(-c5ccccc5)c4ncn3n2)c(C)c1Cl. The molecule has 0 N–H and O–H groups in total. The Morgan fingerprint density at radius 3 is 2.54 bits per heavy atom. The second-order valence-electron chi connectivity index (χ2n) is 6.72. The molecule has 5 aromatic rings. The van der Waals surface area contributed by atoms with E-state index in [1.54, 1.807) is 21.7 Å². The number of fused-ring (bicyclic) bond motifs is 3. The van der Waals surface area contributed by atoms with E-state index in [1.807, 2.05) is 55.8 Å². The summed E-state index contributed by atoms with van der Waals surface area (Å²) in [5.74, 6) is 0.643. The second-order valence-corrected chi connectivity index (χ2v) is 7.10. The topological polar surface area (TPSA) is 78.7 Å². The molecule has 1 aromatic carbocycles. The number of hydrogen-bond acceptors (Lipinski definition) is 5. The summed E-state index contributed by atoms with van der Waals surface area (Å²) in [5.41, 5.74) is 4.08. The summed E-state index contributed by atoms with van der Waals surface area (Å²) in [6, 6.07) is 9.73. The number of hydrogen-bond donors (Lipinski definition) is 0. The number of nitrogens with zero attached hydrogens (tertiary/aromatic N) is 8. The van der Waals surface area contributed by atoms with Crippen LogP contribution in [0.1, 0.15) is 30.2 Å². The van der Waals surface area contributed by atoms with Gasteiger partial charge in [-0.2, -0.15) is 10.2 Å². The van der Waals surface area contributed by atoms with E-state index in [0.29, 0.717) is 16.5 Å². The monoisotopic (exact) mass is 392 g/mol. The maximum Gasteiger partial charge on any atom is 0.176 e. The van der Waals surface area contributed by atoms with E-state index in [0.717, 1.165) is 28.1 Å². The molecule has 0 spiro atoms. The maximum absolute atomic E-state index is 6.30. The van der Waals surface area contributed by atoms with Crippen molar-refractivity contribution in [1.29, 1.82) is 0 Å². The highest BCUT2D eigenvalue weighted by Crippen LogP contribution is 2.26. The van der Waals surface area contributed by atoms with Crippen molar-refractivity contribution in [2.24, 2.45) is 0 Å². The number of benzene rings is 1. The number of aryl methyl sites for hydroxylation is 1. The average molecular weight is 393 g/mol. The normalized spacial score (nSPS) is 12.9. The van der Waals surface area contributed by atoms with E-state index < -0.39 is 0 Å². The second kappa shape index (κ2) is 6.13. The fraction of sp³-hybridized carbons (Fsp3) is 0.211. The van der Waals surface area contributed by atoms with Crippen molar-refractivity contribution < 1.29 is 0 Å². The van der Waals surface area contributed by atoms with Gasteiger partial charge in [0.2, 0.25) is 0 Å². The fourth-order valence-corrected chi connectivity index (χ4v) is 3.53. The number of halogens is 1. The first-order chi connectivity index (χ1) is 13.5. The van der Waals surface area contributed by atoms with Crippen LogP contribution in [0.15, 0.2) is 42.9 Å². The summed E-state index contributed by atoms with van der Waals surface area (Å²) < 4.78 is 5.33. The summed E-state index contributed by atoms with van der Waals surface area (Å²) >= 11 is 6.30. The lowest BCUT2D eigenvalue weighted by Crippen LogP contribution is -2.12. The third-order valence-electron chi connectivity index (χ3n) is 4.90. The molecule has 4 heterocycles. The summed E-state index contributed by atoms with van der Waals surface area (Å²) in [7, 11) is 0. The molecule has 28 heavy (non-hydrogen) atoms. The zero-order valence-electron chi connectivity index (χ0n) is 15.6. The van der Waals surface area contributed by atoms with Gasteiger partial charge in [-0.3, -0.25) is 4.68 Å². The molecule has 1 atom stereocenters. The average Bonchev–Trinajstić information content (AvgIpc) is 3.40. The van der Waals surface area contributed by atoms with Crippen LogP contribution >= 0.6 is 11.6 Å². The predicted molar refractivity (Wildman–Crippen MR) is 106 cm³/mol. The molecule has 0 aliphatic heterocycles. The standard InChI is InChI=1S/C19H17ClN8/c1-11-16(20)12(2)27(24-11)13(3)17-23-19-15-9-22-28(14-7-5-4-6-8-14)18(15)21-10-26(19)25-17/h4-10,13H,1-3H3. The Kier molecular flexibility index (Phi) is 3.70. The summed E-state index contributed by atoms with van der Waals surface area (Å²) in [6.45, 7) is 5.84. The van der Waals surface area contributed by atoms with Gasteiger partial charge in [0.25, 0.3) is 0 Å². The van der Waals surface area contributed by atoms with Crippen LogP contribution in [0.4, 0.5) is 0 Å². The van der Waals surface area contributed by atoms with Gasteiger partial charge >= 0.3 is 0 Å².